The normalized spacial score (nSPS) is 12.7. The first-order valence-corrected chi connectivity index (χ1v) is 6.82. The van der Waals surface area contributed by atoms with E-state index >= 15 is 0 Å². The summed E-state index contributed by atoms with van der Waals surface area (Å²) in [6.07, 6.45) is 2.19. The highest BCUT2D eigenvalue weighted by Gasteiger charge is 1.99. The summed E-state index contributed by atoms with van der Waals surface area (Å²) in [6.45, 7) is 4.32. The molecule has 0 amide bonds. The summed E-state index contributed by atoms with van der Waals surface area (Å²) in [6, 6.07) is 9.24. The topological polar surface area (TPSA) is 26.0 Å². The first-order chi connectivity index (χ1) is 7.26. The van der Waals surface area contributed by atoms with Gasteiger partial charge in [0.2, 0.25) is 0 Å². The minimum Gasteiger partial charge on any atom is -0.327 e. The van der Waals surface area contributed by atoms with Crippen LogP contribution in [0, 0.1) is 0 Å². The highest BCUT2D eigenvalue weighted by Crippen LogP contribution is 2.14. The SMILES string of the molecule is CCc1ccc(CSCC(N)CC)cc1. The number of rotatable bonds is 6. The van der Waals surface area contributed by atoms with Crippen molar-refractivity contribution in [3.05, 3.63) is 35.4 Å². The molecule has 2 N–H and O–H groups in total. The lowest BCUT2D eigenvalue weighted by molar-refractivity contribution is 0.725. The van der Waals surface area contributed by atoms with Crippen LogP contribution in [0.1, 0.15) is 31.4 Å². The Balaban J connectivity index is 2.31. The summed E-state index contributed by atoms with van der Waals surface area (Å²) in [4.78, 5) is 0. The van der Waals surface area contributed by atoms with Crippen molar-refractivity contribution in [1.82, 2.24) is 0 Å². The first kappa shape index (κ1) is 12.6. The Morgan fingerprint density at radius 1 is 1.13 bits per heavy atom. The Labute approximate surface area is 97.4 Å². The van der Waals surface area contributed by atoms with E-state index in [1.165, 1.54) is 11.1 Å². The third-order valence-electron chi connectivity index (χ3n) is 2.56. The molecule has 1 atom stereocenters. The predicted octanol–water partition coefficient (Wildman–Crippen LogP) is 3.22. The van der Waals surface area contributed by atoms with Crippen LogP contribution in [-0.4, -0.2) is 11.8 Å². The summed E-state index contributed by atoms with van der Waals surface area (Å²) in [5.74, 6) is 2.14. The lowest BCUT2D eigenvalue weighted by atomic mass is 10.1. The number of hydrogen-bond donors (Lipinski definition) is 1. The molecule has 0 aliphatic heterocycles. The zero-order valence-corrected chi connectivity index (χ0v) is 10.5. The molecule has 1 nitrogen and oxygen atoms in total. The van der Waals surface area contributed by atoms with Gasteiger partial charge in [0.05, 0.1) is 0 Å². The molecule has 0 saturated carbocycles. The fourth-order valence-corrected chi connectivity index (χ4v) is 2.40. The van der Waals surface area contributed by atoms with Gasteiger partial charge in [-0.05, 0) is 24.0 Å². The zero-order valence-electron chi connectivity index (χ0n) is 9.70. The van der Waals surface area contributed by atoms with E-state index in [1.54, 1.807) is 0 Å². The molecule has 0 saturated heterocycles. The molecule has 15 heavy (non-hydrogen) atoms. The van der Waals surface area contributed by atoms with Crippen LogP contribution in [-0.2, 0) is 12.2 Å². The van der Waals surface area contributed by atoms with Crippen LogP contribution in [0.15, 0.2) is 24.3 Å². The minimum absolute atomic E-state index is 0.352. The number of benzene rings is 1. The molecule has 1 rings (SSSR count). The van der Waals surface area contributed by atoms with Gasteiger partial charge >= 0.3 is 0 Å². The van der Waals surface area contributed by atoms with Crippen molar-refractivity contribution in [2.75, 3.05) is 5.75 Å². The van der Waals surface area contributed by atoms with Gasteiger partial charge in [-0.2, -0.15) is 11.8 Å². The van der Waals surface area contributed by atoms with Crippen molar-refractivity contribution in [2.45, 2.75) is 38.5 Å². The summed E-state index contributed by atoms with van der Waals surface area (Å²) < 4.78 is 0. The van der Waals surface area contributed by atoms with E-state index in [2.05, 4.69) is 38.1 Å². The molecule has 1 unspecified atom stereocenters. The molecular weight excluding hydrogens is 202 g/mol. The number of hydrogen-bond acceptors (Lipinski definition) is 2. The third-order valence-corrected chi connectivity index (χ3v) is 3.76. The average Bonchev–Trinajstić information content (AvgIpc) is 2.29. The van der Waals surface area contributed by atoms with Gasteiger partial charge in [0, 0.05) is 17.5 Å². The van der Waals surface area contributed by atoms with Crippen LogP contribution >= 0.6 is 11.8 Å². The van der Waals surface area contributed by atoms with Gasteiger partial charge in [-0.25, -0.2) is 0 Å². The highest BCUT2D eigenvalue weighted by molar-refractivity contribution is 7.98. The van der Waals surface area contributed by atoms with Crippen LogP contribution in [0.3, 0.4) is 0 Å². The maximum atomic E-state index is 5.86. The summed E-state index contributed by atoms with van der Waals surface area (Å²) >= 11 is 1.93. The molecule has 0 heterocycles. The fourth-order valence-electron chi connectivity index (χ4n) is 1.32. The van der Waals surface area contributed by atoms with Gasteiger partial charge in [0.15, 0.2) is 0 Å². The van der Waals surface area contributed by atoms with E-state index in [0.29, 0.717) is 6.04 Å². The van der Waals surface area contributed by atoms with Crippen molar-refractivity contribution >= 4 is 11.8 Å². The Morgan fingerprint density at radius 2 is 1.73 bits per heavy atom. The van der Waals surface area contributed by atoms with Crippen molar-refractivity contribution in [3.63, 3.8) is 0 Å². The van der Waals surface area contributed by atoms with Crippen LogP contribution in [0.5, 0.6) is 0 Å². The molecule has 1 aromatic rings. The molecule has 0 radical (unpaired) electrons. The molecule has 0 spiro atoms. The van der Waals surface area contributed by atoms with Crippen LogP contribution in [0.2, 0.25) is 0 Å². The second-order valence-corrected chi connectivity index (χ2v) is 4.88. The molecular formula is C13H21NS. The summed E-state index contributed by atoms with van der Waals surface area (Å²) in [7, 11) is 0. The monoisotopic (exact) mass is 223 g/mol. The smallest absolute Gasteiger partial charge is 0.0185 e. The molecule has 0 aliphatic rings. The minimum atomic E-state index is 0.352. The van der Waals surface area contributed by atoms with E-state index in [0.717, 1.165) is 24.3 Å². The van der Waals surface area contributed by atoms with Crippen LogP contribution in [0.4, 0.5) is 0 Å². The zero-order chi connectivity index (χ0) is 11.1. The Kier molecular flexibility index (Phi) is 5.81. The van der Waals surface area contributed by atoms with Gasteiger partial charge in [-0.15, -0.1) is 0 Å². The molecule has 0 aromatic heterocycles. The Hall–Kier alpha value is -0.470. The number of thioether (sulfide) groups is 1. The fraction of sp³-hybridized carbons (Fsp3) is 0.538. The number of nitrogens with two attached hydrogens (primary N) is 1. The summed E-state index contributed by atoms with van der Waals surface area (Å²) in [5.41, 5.74) is 8.68. The van der Waals surface area contributed by atoms with Crippen LogP contribution in [0.25, 0.3) is 0 Å². The standard InChI is InChI=1S/C13H21NS/c1-3-11-5-7-12(8-6-11)9-15-10-13(14)4-2/h5-8,13H,3-4,9-10,14H2,1-2H3. The van der Waals surface area contributed by atoms with Gasteiger partial charge in [-0.3, -0.25) is 0 Å². The Morgan fingerprint density at radius 3 is 2.27 bits per heavy atom. The molecule has 1 aromatic carbocycles. The second-order valence-electron chi connectivity index (χ2n) is 3.85. The van der Waals surface area contributed by atoms with Crippen molar-refractivity contribution in [1.29, 1.82) is 0 Å². The first-order valence-electron chi connectivity index (χ1n) is 5.67. The molecule has 84 valence electrons. The maximum Gasteiger partial charge on any atom is 0.0185 e. The largest absolute Gasteiger partial charge is 0.327 e. The van der Waals surface area contributed by atoms with Gasteiger partial charge in [0.1, 0.15) is 0 Å². The maximum absolute atomic E-state index is 5.86. The third kappa shape index (κ3) is 4.72. The van der Waals surface area contributed by atoms with Gasteiger partial charge < -0.3 is 5.73 Å². The molecule has 2 heteroatoms. The van der Waals surface area contributed by atoms with E-state index in [1.807, 2.05) is 11.8 Å². The van der Waals surface area contributed by atoms with Crippen molar-refractivity contribution < 1.29 is 0 Å². The van der Waals surface area contributed by atoms with Crippen molar-refractivity contribution in [2.24, 2.45) is 5.73 Å². The highest BCUT2D eigenvalue weighted by atomic mass is 32.2. The lowest BCUT2D eigenvalue weighted by Crippen LogP contribution is -2.21. The van der Waals surface area contributed by atoms with Crippen molar-refractivity contribution in [3.8, 4) is 0 Å². The van der Waals surface area contributed by atoms with Gasteiger partial charge in [-0.1, -0.05) is 38.1 Å². The van der Waals surface area contributed by atoms with E-state index < -0.39 is 0 Å². The van der Waals surface area contributed by atoms with E-state index in [9.17, 15) is 0 Å². The van der Waals surface area contributed by atoms with E-state index in [-0.39, 0.29) is 0 Å². The molecule has 0 aliphatic carbocycles. The van der Waals surface area contributed by atoms with E-state index in [4.69, 9.17) is 5.73 Å². The van der Waals surface area contributed by atoms with Crippen LogP contribution < -0.4 is 5.73 Å². The molecule has 0 fully saturated rings. The summed E-state index contributed by atoms with van der Waals surface area (Å²) in [5, 5.41) is 0. The number of aryl methyl sites for hydroxylation is 1. The average molecular weight is 223 g/mol. The quantitative estimate of drug-likeness (QED) is 0.801. The van der Waals surface area contributed by atoms with Gasteiger partial charge in [0.25, 0.3) is 0 Å². The second kappa shape index (κ2) is 6.91. The molecule has 0 bridgehead atoms. The predicted molar refractivity (Wildman–Crippen MR) is 70.2 cm³/mol. The lowest BCUT2D eigenvalue weighted by Gasteiger charge is -2.08. The Bertz CT molecular complexity index is 268.